The highest BCUT2D eigenvalue weighted by atomic mass is 16.1. The van der Waals surface area contributed by atoms with E-state index >= 15 is 0 Å². The van der Waals surface area contributed by atoms with Crippen molar-refractivity contribution in [3.05, 3.63) is 18.2 Å². The van der Waals surface area contributed by atoms with E-state index in [1.165, 1.54) is 0 Å². The van der Waals surface area contributed by atoms with Crippen LogP contribution in [0, 0.1) is 0 Å². The summed E-state index contributed by atoms with van der Waals surface area (Å²) in [5, 5.41) is 2.53. The van der Waals surface area contributed by atoms with Crippen LogP contribution in [0.25, 0.3) is 0 Å². The zero-order valence-corrected chi connectivity index (χ0v) is 5.74. The summed E-state index contributed by atoms with van der Waals surface area (Å²) in [5.74, 6) is 0.854. The minimum absolute atomic E-state index is 0.493. The lowest BCUT2D eigenvalue weighted by atomic mass is 10.6. The number of aryl methyl sites for hydroxylation is 1. The van der Waals surface area contributed by atoms with Crippen molar-refractivity contribution in [3.8, 4) is 0 Å². The Hall–Kier alpha value is -1.32. The second-order valence-corrected chi connectivity index (χ2v) is 1.95. The minimum Gasteiger partial charge on any atom is -0.351 e. The van der Waals surface area contributed by atoms with E-state index in [0.717, 1.165) is 5.82 Å². The molecule has 1 rings (SSSR count). The van der Waals surface area contributed by atoms with Gasteiger partial charge in [-0.25, -0.2) is 4.98 Å². The third-order valence-electron chi connectivity index (χ3n) is 1.26. The molecular formula is C6H9N3O. The summed E-state index contributed by atoms with van der Waals surface area (Å²) in [6.07, 6.45) is 4.19. The van der Waals surface area contributed by atoms with Gasteiger partial charge in [-0.05, 0) is 0 Å². The molecule has 0 aliphatic rings. The molecule has 1 amide bonds. The maximum atomic E-state index is 9.86. The molecule has 1 N–H and O–H groups in total. The summed E-state index contributed by atoms with van der Waals surface area (Å²) in [4.78, 5) is 13.9. The number of nitrogens with one attached hydrogen (secondary N) is 1. The van der Waals surface area contributed by atoms with Crippen LogP contribution in [0.2, 0.25) is 0 Å². The summed E-state index contributed by atoms with van der Waals surface area (Å²) in [6, 6.07) is 0. The van der Waals surface area contributed by atoms with Gasteiger partial charge in [-0.1, -0.05) is 0 Å². The van der Waals surface area contributed by atoms with Crippen molar-refractivity contribution in [2.45, 2.75) is 6.54 Å². The summed E-state index contributed by atoms with van der Waals surface area (Å²) in [6.45, 7) is 0.493. The van der Waals surface area contributed by atoms with Gasteiger partial charge in [0.05, 0.1) is 6.54 Å². The first-order chi connectivity index (χ1) is 4.84. The lowest BCUT2D eigenvalue weighted by molar-refractivity contribution is -0.109. The number of aromatic nitrogens is 2. The molecule has 0 unspecified atom stereocenters. The van der Waals surface area contributed by atoms with Crippen LogP contribution >= 0.6 is 0 Å². The molecule has 0 bridgehead atoms. The van der Waals surface area contributed by atoms with Gasteiger partial charge in [0.2, 0.25) is 6.41 Å². The Labute approximate surface area is 58.9 Å². The zero-order chi connectivity index (χ0) is 7.40. The fourth-order valence-corrected chi connectivity index (χ4v) is 0.700. The van der Waals surface area contributed by atoms with Crippen LogP contribution < -0.4 is 5.32 Å². The van der Waals surface area contributed by atoms with E-state index in [1.807, 2.05) is 17.8 Å². The molecule has 54 valence electrons. The largest absolute Gasteiger partial charge is 0.351 e. The number of carbonyl (C=O) groups excluding carboxylic acids is 1. The minimum atomic E-state index is 0.493. The summed E-state index contributed by atoms with van der Waals surface area (Å²) in [7, 11) is 1.88. The Morgan fingerprint density at radius 1 is 1.90 bits per heavy atom. The fraction of sp³-hybridized carbons (Fsp3) is 0.333. The number of hydrogen-bond acceptors (Lipinski definition) is 2. The summed E-state index contributed by atoms with van der Waals surface area (Å²) < 4.78 is 1.86. The van der Waals surface area contributed by atoms with Gasteiger partial charge in [-0.15, -0.1) is 0 Å². The molecule has 10 heavy (non-hydrogen) atoms. The Morgan fingerprint density at radius 2 is 2.70 bits per heavy atom. The van der Waals surface area contributed by atoms with Crippen molar-refractivity contribution in [1.82, 2.24) is 14.9 Å². The SMILES string of the molecule is Cn1ccnc1CNC=O. The van der Waals surface area contributed by atoms with E-state index in [2.05, 4.69) is 10.3 Å². The topological polar surface area (TPSA) is 46.9 Å². The van der Waals surface area contributed by atoms with E-state index in [9.17, 15) is 4.79 Å². The van der Waals surface area contributed by atoms with Gasteiger partial charge in [0.25, 0.3) is 0 Å². The van der Waals surface area contributed by atoms with Gasteiger partial charge in [0.15, 0.2) is 0 Å². The van der Waals surface area contributed by atoms with Gasteiger partial charge < -0.3 is 9.88 Å². The monoisotopic (exact) mass is 139 g/mol. The maximum absolute atomic E-state index is 9.86. The highest BCUT2D eigenvalue weighted by molar-refractivity contribution is 5.45. The second-order valence-electron chi connectivity index (χ2n) is 1.95. The van der Waals surface area contributed by atoms with Crippen LogP contribution in [0.15, 0.2) is 12.4 Å². The van der Waals surface area contributed by atoms with Crippen molar-refractivity contribution in [2.75, 3.05) is 0 Å². The number of rotatable bonds is 3. The van der Waals surface area contributed by atoms with Crippen molar-refractivity contribution >= 4 is 6.41 Å². The number of carbonyl (C=O) groups is 1. The molecule has 0 atom stereocenters. The highest BCUT2D eigenvalue weighted by Gasteiger charge is 1.94. The molecule has 0 spiro atoms. The smallest absolute Gasteiger partial charge is 0.207 e. The zero-order valence-electron chi connectivity index (χ0n) is 5.74. The molecule has 1 heterocycles. The molecule has 1 aromatic heterocycles. The van der Waals surface area contributed by atoms with Crippen LogP contribution in [0.1, 0.15) is 5.82 Å². The third kappa shape index (κ3) is 1.34. The molecule has 0 saturated heterocycles. The third-order valence-corrected chi connectivity index (χ3v) is 1.26. The normalized spacial score (nSPS) is 9.30. The lowest BCUT2D eigenvalue weighted by Crippen LogP contribution is -2.13. The molecule has 0 saturated carbocycles. The summed E-state index contributed by atoms with van der Waals surface area (Å²) in [5.41, 5.74) is 0. The quantitative estimate of drug-likeness (QED) is 0.583. The Kier molecular flexibility index (Phi) is 2.04. The molecule has 0 aliphatic carbocycles. The van der Waals surface area contributed by atoms with Gasteiger partial charge in [-0.2, -0.15) is 0 Å². The van der Waals surface area contributed by atoms with Crippen molar-refractivity contribution < 1.29 is 4.79 Å². The first-order valence-electron chi connectivity index (χ1n) is 2.98. The molecule has 0 aliphatic heterocycles. The standard InChI is InChI=1S/C6H9N3O/c1-9-3-2-8-6(9)4-7-5-10/h2-3,5H,4H2,1H3,(H,7,10). The fourth-order valence-electron chi connectivity index (χ4n) is 0.700. The maximum Gasteiger partial charge on any atom is 0.207 e. The highest BCUT2D eigenvalue weighted by Crippen LogP contribution is 1.91. The van der Waals surface area contributed by atoms with Gasteiger partial charge in [0.1, 0.15) is 5.82 Å². The first kappa shape index (κ1) is 6.80. The lowest BCUT2D eigenvalue weighted by Gasteiger charge is -1.97. The number of amides is 1. The van der Waals surface area contributed by atoms with E-state index in [4.69, 9.17) is 0 Å². The molecule has 4 nitrogen and oxygen atoms in total. The predicted octanol–water partition coefficient (Wildman–Crippen LogP) is -0.334. The average Bonchev–Trinajstić information content (AvgIpc) is 2.31. The van der Waals surface area contributed by atoms with Gasteiger partial charge in [0, 0.05) is 19.4 Å². The molecule has 0 aromatic carbocycles. The number of nitrogens with zero attached hydrogens (tertiary/aromatic N) is 2. The van der Waals surface area contributed by atoms with Crippen molar-refractivity contribution in [2.24, 2.45) is 7.05 Å². The summed E-state index contributed by atoms with van der Waals surface area (Å²) >= 11 is 0. The predicted molar refractivity (Wildman–Crippen MR) is 36.1 cm³/mol. The molecule has 0 radical (unpaired) electrons. The van der Waals surface area contributed by atoms with E-state index in [0.29, 0.717) is 13.0 Å². The van der Waals surface area contributed by atoms with Crippen LogP contribution in [0.3, 0.4) is 0 Å². The number of hydrogen-bond donors (Lipinski definition) is 1. The molecular weight excluding hydrogens is 130 g/mol. The first-order valence-corrected chi connectivity index (χ1v) is 2.98. The van der Waals surface area contributed by atoms with Crippen LogP contribution in [-0.2, 0) is 18.4 Å². The van der Waals surface area contributed by atoms with Crippen LogP contribution in [0.5, 0.6) is 0 Å². The van der Waals surface area contributed by atoms with E-state index in [1.54, 1.807) is 6.20 Å². The molecule has 0 fully saturated rings. The molecule has 1 aromatic rings. The van der Waals surface area contributed by atoms with Crippen LogP contribution in [-0.4, -0.2) is 16.0 Å². The Bertz CT molecular complexity index is 219. The van der Waals surface area contributed by atoms with Gasteiger partial charge >= 0.3 is 0 Å². The van der Waals surface area contributed by atoms with Crippen molar-refractivity contribution in [3.63, 3.8) is 0 Å². The Morgan fingerprint density at radius 3 is 3.20 bits per heavy atom. The Balaban J connectivity index is 2.56. The molecule has 4 heteroatoms. The van der Waals surface area contributed by atoms with Crippen LogP contribution in [0.4, 0.5) is 0 Å². The average molecular weight is 139 g/mol. The van der Waals surface area contributed by atoms with Gasteiger partial charge in [-0.3, -0.25) is 4.79 Å². The van der Waals surface area contributed by atoms with Crippen molar-refractivity contribution in [1.29, 1.82) is 0 Å². The second kappa shape index (κ2) is 3.00. The van der Waals surface area contributed by atoms with E-state index < -0.39 is 0 Å². The van der Waals surface area contributed by atoms with E-state index in [-0.39, 0.29) is 0 Å². The number of imidazole rings is 1.